The van der Waals surface area contributed by atoms with Crippen molar-refractivity contribution in [2.75, 3.05) is 24.5 Å². The van der Waals surface area contributed by atoms with Crippen molar-refractivity contribution in [2.24, 2.45) is 5.92 Å². The molecule has 1 saturated heterocycles. The highest BCUT2D eigenvalue weighted by Gasteiger charge is 2.26. The Labute approximate surface area is 143 Å². The molecule has 1 amide bonds. The smallest absolute Gasteiger partial charge is 0.256 e. The minimum Gasteiger partial charge on any atom is -0.371 e. The predicted molar refractivity (Wildman–Crippen MR) is 94.4 cm³/mol. The van der Waals surface area contributed by atoms with Gasteiger partial charge in [0.2, 0.25) is 0 Å². The number of amides is 1. The van der Waals surface area contributed by atoms with Crippen LogP contribution in [-0.4, -0.2) is 30.7 Å². The van der Waals surface area contributed by atoms with Gasteiger partial charge in [0.15, 0.2) is 5.76 Å². The molecule has 24 heavy (non-hydrogen) atoms. The molecule has 1 aliphatic rings. The molecule has 0 bridgehead atoms. The molecule has 0 radical (unpaired) electrons. The molecular weight excluding hydrogens is 302 g/mol. The van der Waals surface area contributed by atoms with Crippen molar-refractivity contribution in [1.82, 2.24) is 10.5 Å². The lowest BCUT2D eigenvalue weighted by Gasteiger charge is -2.18. The molecule has 0 spiro atoms. The molecule has 1 aromatic carbocycles. The van der Waals surface area contributed by atoms with Crippen molar-refractivity contribution < 1.29 is 9.32 Å². The summed E-state index contributed by atoms with van der Waals surface area (Å²) in [5.41, 5.74) is 2.51. The Morgan fingerprint density at radius 3 is 2.83 bits per heavy atom. The SMILES string of the molecule is Cc1noc(C(C)C)c1C(=O)NC[C@H]1CCN(c2ccccc2)C1. The van der Waals surface area contributed by atoms with Gasteiger partial charge in [0.1, 0.15) is 5.56 Å². The third-order valence-corrected chi connectivity index (χ3v) is 4.60. The van der Waals surface area contributed by atoms with E-state index in [1.807, 2.05) is 26.8 Å². The minimum absolute atomic E-state index is 0.0735. The lowest BCUT2D eigenvalue weighted by molar-refractivity contribution is 0.0945. The van der Waals surface area contributed by atoms with E-state index in [1.54, 1.807) is 0 Å². The predicted octanol–water partition coefficient (Wildman–Crippen LogP) is 3.36. The summed E-state index contributed by atoms with van der Waals surface area (Å²) >= 11 is 0. The minimum atomic E-state index is -0.0735. The second-order valence-electron chi connectivity index (χ2n) is 6.81. The van der Waals surface area contributed by atoms with Gasteiger partial charge in [-0.1, -0.05) is 37.2 Å². The van der Waals surface area contributed by atoms with E-state index in [0.717, 1.165) is 19.5 Å². The van der Waals surface area contributed by atoms with Crippen LogP contribution in [0.5, 0.6) is 0 Å². The standard InChI is InChI=1S/C19H25N3O2/c1-13(2)18-17(14(3)21-24-18)19(23)20-11-15-9-10-22(12-15)16-7-5-4-6-8-16/h4-8,13,15H,9-12H2,1-3H3,(H,20,23)/t15-/m1/s1. The van der Waals surface area contributed by atoms with Crippen LogP contribution in [0.1, 0.15) is 48.0 Å². The quantitative estimate of drug-likeness (QED) is 0.915. The van der Waals surface area contributed by atoms with Gasteiger partial charge in [0.05, 0.1) is 5.69 Å². The summed E-state index contributed by atoms with van der Waals surface area (Å²) in [7, 11) is 0. The third kappa shape index (κ3) is 3.45. The van der Waals surface area contributed by atoms with E-state index < -0.39 is 0 Å². The fourth-order valence-electron chi connectivity index (χ4n) is 3.26. The average molecular weight is 327 g/mol. The number of carbonyl (C=O) groups is 1. The van der Waals surface area contributed by atoms with Crippen LogP contribution in [0.3, 0.4) is 0 Å². The summed E-state index contributed by atoms with van der Waals surface area (Å²) in [4.78, 5) is 14.9. The first-order chi connectivity index (χ1) is 11.6. The highest BCUT2D eigenvalue weighted by atomic mass is 16.5. The number of rotatable bonds is 5. The number of nitrogens with one attached hydrogen (secondary N) is 1. The summed E-state index contributed by atoms with van der Waals surface area (Å²) in [6.45, 7) is 8.52. The van der Waals surface area contributed by atoms with Crippen LogP contribution in [-0.2, 0) is 0 Å². The van der Waals surface area contributed by atoms with Gasteiger partial charge < -0.3 is 14.7 Å². The summed E-state index contributed by atoms with van der Waals surface area (Å²) < 4.78 is 5.31. The van der Waals surface area contributed by atoms with Gasteiger partial charge in [0, 0.05) is 31.2 Å². The molecule has 2 aromatic rings. The molecule has 1 aromatic heterocycles. The Morgan fingerprint density at radius 2 is 2.12 bits per heavy atom. The van der Waals surface area contributed by atoms with E-state index in [2.05, 4.69) is 39.6 Å². The number of carbonyl (C=O) groups excluding carboxylic acids is 1. The van der Waals surface area contributed by atoms with Gasteiger partial charge in [-0.15, -0.1) is 0 Å². The largest absolute Gasteiger partial charge is 0.371 e. The molecule has 128 valence electrons. The second-order valence-corrected chi connectivity index (χ2v) is 6.81. The maximum atomic E-state index is 12.5. The van der Waals surface area contributed by atoms with Gasteiger partial charge in [-0.25, -0.2) is 0 Å². The molecular formula is C19H25N3O2. The second kappa shape index (κ2) is 7.07. The third-order valence-electron chi connectivity index (χ3n) is 4.60. The molecule has 3 rings (SSSR count). The molecule has 1 aliphatic heterocycles. The maximum Gasteiger partial charge on any atom is 0.256 e. The van der Waals surface area contributed by atoms with Crippen LogP contribution < -0.4 is 10.2 Å². The van der Waals surface area contributed by atoms with Crippen molar-refractivity contribution in [1.29, 1.82) is 0 Å². The molecule has 1 fully saturated rings. The van der Waals surface area contributed by atoms with Crippen LogP contribution in [0.4, 0.5) is 5.69 Å². The normalized spacial score (nSPS) is 17.5. The van der Waals surface area contributed by atoms with E-state index >= 15 is 0 Å². The first-order valence-electron chi connectivity index (χ1n) is 8.60. The molecule has 0 aliphatic carbocycles. The van der Waals surface area contributed by atoms with Crippen LogP contribution in [0.2, 0.25) is 0 Å². The van der Waals surface area contributed by atoms with E-state index in [1.165, 1.54) is 5.69 Å². The number of anilines is 1. The number of benzene rings is 1. The highest BCUT2D eigenvalue weighted by Crippen LogP contribution is 2.24. The lowest BCUT2D eigenvalue weighted by atomic mass is 10.0. The molecule has 1 atom stereocenters. The van der Waals surface area contributed by atoms with Crippen LogP contribution in [0.25, 0.3) is 0 Å². The van der Waals surface area contributed by atoms with Gasteiger partial charge in [0.25, 0.3) is 5.91 Å². The van der Waals surface area contributed by atoms with Gasteiger partial charge in [-0.05, 0) is 31.4 Å². The number of hydrogen-bond donors (Lipinski definition) is 1. The molecule has 0 saturated carbocycles. The van der Waals surface area contributed by atoms with Crippen molar-refractivity contribution in [2.45, 2.75) is 33.1 Å². The first-order valence-corrected chi connectivity index (χ1v) is 8.60. The number of nitrogens with zero attached hydrogens (tertiary/aromatic N) is 2. The Hall–Kier alpha value is -2.30. The molecule has 5 heteroatoms. The zero-order valence-corrected chi connectivity index (χ0v) is 14.6. The number of hydrogen-bond acceptors (Lipinski definition) is 4. The fraction of sp³-hybridized carbons (Fsp3) is 0.474. The molecule has 2 heterocycles. The molecule has 0 unspecified atom stereocenters. The molecule has 5 nitrogen and oxygen atoms in total. The average Bonchev–Trinajstić information content (AvgIpc) is 3.20. The number of para-hydroxylation sites is 1. The summed E-state index contributed by atoms with van der Waals surface area (Å²) in [5, 5.41) is 7.02. The lowest BCUT2D eigenvalue weighted by Crippen LogP contribution is -2.31. The summed E-state index contributed by atoms with van der Waals surface area (Å²) in [5.74, 6) is 1.21. The Bertz CT molecular complexity index is 694. The Balaban J connectivity index is 1.57. The van der Waals surface area contributed by atoms with Crippen molar-refractivity contribution in [3.8, 4) is 0 Å². The zero-order valence-electron chi connectivity index (χ0n) is 14.6. The van der Waals surface area contributed by atoms with Crippen LogP contribution in [0, 0.1) is 12.8 Å². The van der Waals surface area contributed by atoms with Gasteiger partial charge >= 0.3 is 0 Å². The Kier molecular flexibility index (Phi) is 4.88. The van der Waals surface area contributed by atoms with Gasteiger partial charge in [-0.2, -0.15) is 0 Å². The van der Waals surface area contributed by atoms with E-state index in [-0.39, 0.29) is 11.8 Å². The fourth-order valence-corrected chi connectivity index (χ4v) is 3.26. The van der Waals surface area contributed by atoms with Crippen molar-refractivity contribution in [3.05, 3.63) is 47.3 Å². The monoisotopic (exact) mass is 327 g/mol. The maximum absolute atomic E-state index is 12.5. The highest BCUT2D eigenvalue weighted by molar-refractivity contribution is 5.96. The zero-order chi connectivity index (χ0) is 17.1. The first kappa shape index (κ1) is 16.6. The van der Waals surface area contributed by atoms with Gasteiger partial charge in [-0.3, -0.25) is 4.79 Å². The summed E-state index contributed by atoms with van der Waals surface area (Å²) in [6, 6.07) is 10.4. The molecule has 1 N–H and O–H groups in total. The van der Waals surface area contributed by atoms with Crippen LogP contribution >= 0.6 is 0 Å². The van der Waals surface area contributed by atoms with Crippen LogP contribution in [0.15, 0.2) is 34.9 Å². The Morgan fingerprint density at radius 1 is 1.38 bits per heavy atom. The number of aromatic nitrogens is 1. The van der Waals surface area contributed by atoms with Crippen molar-refractivity contribution >= 4 is 11.6 Å². The van der Waals surface area contributed by atoms with E-state index in [0.29, 0.717) is 29.5 Å². The van der Waals surface area contributed by atoms with Crippen molar-refractivity contribution in [3.63, 3.8) is 0 Å². The number of aryl methyl sites for hydroxylation is 1. The summed E-state index contributed by atoms with van der Waals surface area (Å²) in [6.07, 6.45) is 1.09. The van der Waals surface area contributed by atoms with E-state index in [9.17, 15) is 4.79 Å². The topological polar surface area (TPSA) is 58.4 Å². The van der Waals surface area contributed by atoms with E-state index in [4.69, 9.17) is 4.52 Å².